The van der Waals surface area contributed by atoms with Crippen molar-refractivity contribution < 1.29 is 29.3 Å². The Labute approximate surface area is 180 Å². The molecule has 30 heavy (non-hydrogen) atoms. The average Bonchev–Trinajstić information content (AvgIpc) is 2.63. The van der Waals surface area contributed by atoms with Gasteiger partial charge in [0.2, 0.25) is 0 Å². The molecule has 0 saturated heterocycles. The van der Waals surface area contributed by atoms with E-state index in [0.717, 1.165) is 38.5 Å². The summed E-state index contributed by atoms with van der Waals surface area (Å²) in [5, 5.41) is 17.8. The van der Waals surface area contributed by atoms with E-state index >= 15 is 0 Å². The zero-order chi connectivity index (χ0) is 22.5. The standard InChI is InChI=1S/C24H38O6/c1-16(14-21(27)28)6-8-18-17(2)7-9-19-23(3,12-5-13-24(18,19)4)15-30-22(29)11-10-20(25)26/h7,16,18-19H,5-6,8-15H2,1-4H3,(H,25,26)(H,27,28). The highest BCUT2D eigenvalue weighted by molar-refractivity contribution is 5.76. The van der Waals surface area contributed by atoms with Crippen molar-refractivity contribution in [2.24, 2.45) is 28.6 Å². The van der Waals surface area contributed by atoms with Gasteiger partial charge in [-0.25, -0.2) is 0 Å². The smallest absolute Gasteiger partial charge is 0.306 e. The molecule has 0 aliphatic heterocycles. The van der Waals surface area contributed by atoms with Crippen LogP contribution in [0, 0.1) is 28.6 Å². The molecule has 2 aliphatic carbocycles. The number of esters is 1. The van der Waals surface area contributed by atoms with E-state index in [-0.39, 0.29) is 36.0 Å². The molecule has 0 aromatic carbocycles. The van der Waals surface area contributed by atoms with Crippen molar-refractivity contribution in [3.8, 4) is 0 Å². The second-order valence-corrected chi connectivity index (χ2v) is 10.1. The number of carbonyl (C=O) groups is 3. The average molecular weight is 423 g/mol. The summed E-state index contributed by atoms with van der Waals surface area (Å²) in [6, 6.07) is 0. The number of hydrogen-bond acceptors (Lipinski definition) is 4. The van der Waals surface area contributed by atoms with E-state index in [1.165, 1.54) is 5.57 Å². The van der Waals surface area contributed by atoms with Crippen molar-refractivity contribution in [2.45, 2.75) is 85.5 Å². The lowest BCUT2D eigenvalue weighted by Crippen LogP contribution is -2.51. The zero-order valence-electron chi connectivity index (χ0n) is 18.9. The van der Waals surface area contributed by atoms with Crippen molar-refractivity contribution in [3.63, 3.8) is 0 Å². The summed E-state index contributed by atoms with van der Waals surface area (Å²) in [6.07, 6.45) is 8.29. The fourth-order valence-corrected chi connectivity index (χ4v) is 6.06. The molecule has 6 heteroatoms. The van der Waals surface area contributed by atoms with E-state index < -0.39 is 17.9 Å². The molecule has 2 aliphatic rings. The molecule has 0 aromatic heterocycles. The Kier molecular flexibility index (Phi) is 8.12. The zero-order valence-corrected chi connectivity index (χ0v) is 18.9. The van der Waals surface area contributed by atoms with Crippen LogP contribution in [0.15, 0.2) is 11.6 Å². The minimum absolute atomic E-state index is 0.0869. The minimum atomic E-state index is -0.990. The third kappa shape index (κ3) is 5.86. The van der Waals surface area contributed by atoms with E-state index in [4.69, 9.17) is 14.9 Å². The quantitative estimate of drug-likeness (QED) is 0.377. The van der Waals surface area contributed by atoms with E-state index in [1.54, 1.807) is 0 Å². The first-order valence-electron chi connectivity index (χ1n) is 11.2. The maximum Gasteiger partial charge on any atom is 0.306 e. The van der Waals surface area contributed by atoms with Gasteiger partial charge >= 0.3 is 17.9 Å². The summed E-state index contributed by atoms with van der Waals surface area (Å²) in [4.78, 5) is 33.7. The molecular formula is C24H38O6. The van der Waals surface area contributed by atoms with Crippen LogP contribution in [0.1, 0.15) is 85.5 Å². The highest BCUT2D eigenvalue weighted by atomic mass is 16.5. The number of carboxylic acid groups (broad SMARTS) is 2. The van der Waals surface area contributed by atoms with E-state index in [9.17, 15) is 14.4 Å². The molecular weight excluding hydrogens is 384 g/mol. The number of carbonyl (C=O) groups excluding carboxylic acids is 1. The lowest BCUT2D eigenvalue weighted by atomic mass is 9.48. The SMILES string of the molecule is CC1=CCC2C(C)(COC(=O)CCC(=O)O)CCCC2(C)C1CCC(C)CC(=O)O. The second kappa shape index (κ2) is 9.97. The second-order valence-electron chi connectivity index (χ2n) is 10.1. The lowest BCUT2D eigenvalue weighted by molar-refractivity contribution is -0.156. The summed E-state index contributed by atoms with van der Waals surface area (Å²) >= 11 is 0. The van der Waals surface area contributed by atoms with Gasteiger partial charge in [0.05, 0.1) is 19.4 Å². The Balaban J connectivity index is 2.09. The lowest BCUT2D eigenvalue weighted by Gasteiger charge is -2.57. The molecule has 0 heterocycles. The van der Waals surface area contributed by atoms with Gasteiger partial charge in [-0.05, 0) is 62.2 Å². The highest BCUT2D eigenvalue weighted by Crippen LogP contribution is 2.60. The van der Waals surface area contributed by atoms with Gasteiger partial charge in [-0.3, -0.25) is 14.4 Å². The third-order valence-electron chi connectivity index (χ3n) is 7.70. The third-order valence-corrected chi connectivity index (χ3v) is 7.70. The number of rotatable bonds is 10. The summed E-state index contributed by atoms with van der Waals surface area (Å²) in [5.74, 6) is -1.21. The number of carboxylic acids is 2. The Morgan fingerprint density at radius 3 is 2.50 bits per heavy atom. The number of fused-ring (bicyclic) bond motifs is 1. The monoisotopic (exact) mass is 422 g/mol. The first-order valence-corrected chi connectivity index (χ1v) is 11.2. The molecule has 2 rings (SSSR count). The van der Waals surface area contributed by atoms with Gasteiger partial charge in [0.25, 0.3) is 0 Å². The van der Waals surface area contributed by atoms with Crippen molar-refractivity contribution in [2.75, 3.05) is 6.61 Å². The van der Waals surface area contributed by atoms with Crippen molar-refractivity contribution >= 4 is 17.9 Å². The van der Waals surface area contributed by atoms with Crippen molar-refractivity contribution in [3.05, 3.63) is 11.6 Å². The fraction of sp³-hybridized carbons (Fsp3) is 0.792. The molecule has 170 valence electrons. The number of allylic oxidation sites excluding steroid dienone is 2. The summed E-state index contributed by atoms with van der Waals surface area (Å²) < 4.78 is 5.54. The van der Waals surface area contributed by atoms with Gasteiger partial charge in [-0.2, -0.15) is 0 Å². The Bertz CT molecular complexity index is 683. The van der Waals surface area contributed by atoms with Gasteiger partial charge < -0.3 is 14.9 Å². The van der Waals surface area contributed by atoms with Crippen LogP contribution < -0.4 is 0 Å². The van der Waals surface area contributed by atoms with Crippen LogP contribution in [-0.4, -0.2) is 34.7 Å². The fourth-order valence-electron chi connectivity index (χ4n) is 6.06. The van der Waals surface area contributed by atoms with Crippen LogP contribution in [0.5, 0.6) is 0 Å². The Morgan fingerprint density at radius 1 is 1.17 bits per heavy atom. The Hall–Kier alpha value is -1.85. The van der Waals surface area contributed by atoms with Crippen LogP contribution in [-0.2, 0) is 19.1 Å². The summed E-state index contributed by atoms with van der Waals surface area (Å²) in [5.41, 5.74) is 1.37. The molecule has 0 aromatic rings. The summed E-state index contributed by atoms with van der Waals surface area (Å²) in [7, 11) is 0. The number of hydrogen-bond donors (Lipinski definition) is 2. The van der Waals surface area contributed by atoms with E-state index in [0.29, 0.717) is 18.4 Å². The van der Waals surface area contributed by atoms with Crippen LogP contribution in [0.25, 0.3) is 0 Å². The number of ether oxygens (including phenoxy) is 1. The molecule has 5 atom stereocenters. The molecule has 0 bridgehead atoms. The topological polar surface area (TPSA) is 101 Å². The first kappa shape index (κ1) is 24.4. The maximum atomic E-state index is 12.0. The van der Waals surface area contributed by atoms with E-state index in [2.05, 4.69) is 26.8 Å². The molecule has 5 unspecified atom stereocenters. The van der Waals surface area contributed by atoms with Crippen LogP contribution in [0.4, 0.5) is 0 Å². The molecule has 0 spiro atoms. The first-order chi connectivity index (χ1) is 14.0. The largest absolute Gasteiger partial charge is 0.481 e. The van der Waals surface area contributed by atoms with Crippen molar-refractivity contribution in [1.82, 2.24) is 0 Å². The maximum absolute atomic E-state index is 12.0. The van der Waals surface area contributed by atoms with Gasteiger partial charge in [-0.15, -0.1) is 0 Å². The number of aliphatic carboxylic acids is 2. The van der Waals surface area contributed by atoms with Gasteiger partial charge in [0.1, 0.15) is 0 Å². The normalized spacial score (nSPS) is 31.9. The van der Waals surface area contributed by atoms with Crippen molar-refractivity contribution in [1.29, 1.82) is 0 Å². The molecule has 1 fully saturated rings. The predicted octanol–water partition coefficient (Wildman–Crippen LogP) is 5.06. The van der Waals surface area contributed by atoms with Gasteiger partial charge in [0, 0.05) is 11.8 Å². The molecule has 0 amide bonds. The molecule has 0 radical (unpaired) electrons. The molecule has 1 saturated carbocycles. The predicted molar refractivity (Wildman–Crippen MR) is 114 cm³/mol. The minimum Gasteiger partial charge on any atom is -0.481 e. The summed E-state index contributed by atoms with van der Waals surface area (Å²) in [6.45, 7) is 9.12. The molecule has 6 nitrogen and oxygen atoms in total. The molecule has 2 N–H and O–H groups in total. The highest BCUT2D eigenvalue weighted by Gasteiger charge is 2.53. The van der Waals surface area contributed by atoms with Crippen LogP contribution in [0.2, 0.25) is 0 Å². The van der Waals surface area contributed by atoms with E-state index in [1.807, 2.05) is 6.92 Å². The van der Waals surface area contributed by atoms with Crippen LogP contribution >= 0.6 is 0 Å². The Morgan fingerprint density at radius 2 is 1.87 bits per heavy atom. The van der Waals surface area contributed by atoms with Crippen LogP contribution in [0.3, 0.4) is 0 Å². The van der Waals surface area contributed by atoms with Gasteiger partial charge in [0.15, 0.2) is 0 Å². The van der Waals surface area contributed by atoms with Gasteiger partial charge in [-0.1, -0.05) is 38.8 Å².